The Balaban J connectivity index is 1.80. The van der Waals surface area contributed by atoms with Crippen molar-refractivity contribution in [2.24, 2.45) is 5.92 Å². The number of hydrogen-bond donors (Lipinski definition) is 1. The summed E-state index contributed by atoms with van der Waals surface area (Å²) in [4.78, 5) is 6.95. The Kier molecular flexibility index (Phi) is 7.03. The normalized spacial score (nSPS) is 16.3. The number of benzene rings is 2. The van der Waals surface area contributed by atoms with E-state index in [1.54, 1.807) is 7.11 Å². The number of thiocarbonyl (C=S) groups is 1. The molecule has 2 heterocycles. The largest absolute Gasteiger partial charge is 0.497 e. The van der Waals surface area contributed by atoms with Crippen molar-refractivity contribution in [3.8, 4) is 17.1 Å². The fourth-order valence-electron chi connectivity index (χ4n) is 4.12. The number of methoxy groups -OCH3 is 1. The number of aromatic nitrogens is 2. The number of hydrogen-bond acceptors (Lipinski definition) is 5. The van der Waals surface area contributed by atoms with Crippen molar-refractivity contribution in [3.05, 3.63) is 70.7 Å². The van der Waals surface area contributed by atoms with Gasteiger partial charge in [0.1, 0.15) is 5.75 Å². The zero-order valence-electron chi connectivity index (χ0n) is 20.7. The molecule has 0 aliphatic carbocycles. The molecule has 0 radical (unpaired) electrons. The summed E-state index contributed by atoms with van der Waals surface area (Å²) >= 11 is 5.80. The number of aryl methyl sites for hydroxylation is 2. The van der Waals surface area contributed by atoms with E-state index in [0.717, 1.165) is 46.2 Å². The van der Waals surface area contributed by atoms with E-state index in [1.165, 1.54) is 11.1 Å². The van der Waals surface area contributed by atoms with Crippen molar-refractivity contribution in [1.29, 1.82) is 0 Å². The van der Waals surface area contributed by atoms with Crippen molar-refractivity contribution in [2.75, 3.05) is 13.7 Å². The number of nitrogens with one attached hydrogen (secondary N) is 1. The van der Waals surface area contributed by atoms with E-state index in [0.29, 0.717) is 17.6 Å². The van der Waals surface area contributed by atoms with Crippen molar-refractivity contribution in [1.82, 2.24) is 20.4 Å². The van der Waals surface area contributed by atoms with Gasteiger partial charge in [0.25, 0.3) is 5.89 Å². The topological polar surface area (TPSA) is 63.4 Å². The van der Waals surface area contributed by atoms with Gasteiger partial charge in [-0.05, 0) is 74.2 Å². The quantitative estimate of drug-likeness (QED) is 0.415. The van der Waals surface area contributed by atoms with Crippen molar-refractivity contribution >= 4 is 22.9 Å². The van der Waals surface area contributed by atoms with Gasteiger partial charge in [0, 0.05) is 17.8 Å². The first-order chi connectivity index (χ1) is 16.3. The molecule has 34 heavy (non-hydrogen) atoms. The lowest BCUT2D eigenvalue weighted by atomic mass is 9.92. The highest BCUT2D eigenvalue weighted by atomic mass is 32.1. The summed E-state index contributed by atoms with van der Waals surface area (Å²) in [6.07, 6.45) is 1.03. The highest BCUT2D eigenvalue weighted by molar-refractivity contribution is 7.80. The van der Waals surface area contributed by atoms with Gasteiger partial charge in [0.05, 0.1) is 18.7 Å². The van der Waals surface area contributed by atoms with Gasteiger partial charge in [-0.2, -0.15) is 4.98 Å². The minimum Gasteiger partial charge on any atom is -0.497 e. The first-order valence-corrected chi connectivity index (χ1v) is 12.0. The van der Waals surface area contributed by atoms with Gasteiger partial charge in [-0.25, -0.2) is 0 Å². The Labute approximate surface area is 207 Å². The van der Waals surface area contributed by atoms with Crippen LogP contribution in [-0.2, 0) is 0 Å². The summed E-state index contributed by atoms with van der Waals surface area (Å²) in [7, 11) is 1.64. The lowest BCUT2D eigenvalue weighted by Crippen LogP contribution is -2.46. The summed E-state index contributed by atoms with van der Waals surface area (Å²) < 4.78 is 11.2. The van der Waals surface area contributed by atoms with Crippen LogP contribution in [0.3, 0.4) is 0 Å². The van der Waals surface area contributed by atoms with Crippen LogP contribution in [0.4, 0.5) is 0 Å². The molecule has 0 saturated heterocycles. The second-order valence-electron chi connectivity index (χ2n) is 9.21. The molecule has 0 bridgehead atoms. The predicted molar refractivity (Wildman–Crippen MR) is 139 cm³/mol. The number of nitrogens with zero attached hydrogens (tertiary/aromatic N) is 3. The number of ether oxygens (including phenoxy) is 1. The molecule has 1 aliphatic heterocycles. The molecule has 1 unspecified atom stereocenters. The molecule has 0 spiro atoms. The fourth-order valence-corrected chi connectivity index (χ4v) is 4.47. The molecule has 1 atom stereocenters. The smallest absolute Gasteiger partial charge is 0.258 e. The van der Waals surface area contributed by atoms with E-state index >= 15 is 0 Å². The van der Waals surface area contributed by atoms with Gasteiger partial charge in [-0.3, -0.25) is 0 Å². The first-order valence-electron chi connectivity index (χ1n) is 11.6. The maximum Gasteiger partial charge on any atom is 0.258 e. The lowest BCUT2D eigenvalue weighted by Gasteiger charge is -2.37. The van der Waals surface area contributed by atoms with Crippen molar-refractivity contribution < 1.29 is 9.26 Å². The van der Waals surface area contributed by atoms with Crippen molar-refractivity contribution in [2.45, 2.75) is 47.1 Å². The molecular formula is C27H32N4O2S. The first kappa shape index (κ1) is 24.0. The maximum absolute atomic E-state index is 5.85. The second-order valence-corrected chi connectivity index (χ2v) is 9.60. The Morgan fingerprint density at radius 3 is 2.62 bits per heavy atom. The maximum atomic E-state index is 5.85. The molecule has 6 nitrogen and oxygen atoms in total. The zero-order valence-corrected chi connectivity index (χ0v) is 21.5. The molecule has 178 valence electrons. The standard InChI is InChI=1S/C27H32N4O2S/c1-16(2)12-13-31-19(5)23(24(28-27(31)34)20-11-10-17(3)18(4)14-20)26-29-25(30-33-26)21-8-7-9-22(15-21)32-6/h7-11,14-16,24H,12-13H2,1-6H3,(H,28,34). The van der Waals surface area contributed by atoms with Crippen LogP contribution in [0.25, 0.3) is 17.0 Å². The molecule has 1 N–H and O–H groups in total. The van der Waals surface area contributed by atoms with Crippen LogP contribution in [0, 0.1) is 19.8 Å². The fraction of sp³-hybridized carbons (Fsp3) is 0.370. The Hall–Kier alpha value is -3.19. The van der Waals surface area contributed by atoms with Gasteiger partial charge >= 0.3 is 0 Å². The molecule has 1 aliphatic rings. The molecule has 0 saturated carbocycles. The monoisotopic (exact) mass is 476 g/mol. The van der Waals surface area contributed by atoms with Crippen LogP contribution >= 0.6 is 12.2 Å². The van der Waals surface area contributed by atoms with Crippen LogP contribution in [-0.4, -0.2) is 33.8 Å². The SMILES string of the molecule is COc1cccc(-c2noc(C3=C(C)N(CCC(C)C)C(=S)NC3c3ccc(C)c(C)c3)n2)c1. The van der Waals surface area contributed by atoms with Crippen LogP contribution in [0.15, 0.2) is 52.7 Å². The van der Waals surface area contributed by atoms with Gasteiger partial charge in [-0.1, -0.05) is 49.3 Å². The van der Waals surface area contributed by atoms with Crippen LogP contribution in [0.2, 0.25) is 0 Å². The van der Waals surface area contributed by atoms with Crippen LogP contribution < -0.4 is 10.1 Å². The van der Waals surface area contributed by atoms with E-state index in [1.807, 2.05) is 24.3 Å². The van der Waals surface area contributed by atoms with Gasteiger partial charge in [0.15, 0.2) is 5.11 Å². The summed E-state index contributed by atoms with van der Waals surface area (Å²) in [5, 5.41) is 8.57. The summed E-state index contributed by atoms with van der Waals surface area (Å²) in [6.45, 7) is 11.6. The molecule has 4 rings (SSSR count). The van der Waals surface area contributed by atoms with Crippen LogP contribution in [0.5, 0.6) is 5.75 Å². The van der Waals surface area contributed by atoms with Crippen molar-refractivity contribution in [3.63, 3.8) is 0 Å². The van der Waals surface area contributed by atoms with E-state index in [9.17, 15) is 0 Å². The molecule has 3 aromatic rings. The average Bonchev–Trinajstić information content (AvgIpc) is 3.30. The number of rotatable bonds is 7. The van der Waals surface area contributed by atoms with Gasteiger partial charge < -0.3 is 19.5 Å². The summed E-state index contributed by atoms with van der Waals surface area (Å²) in [5.74, 6) is 2.33. The molecule has 1 aromatic heterocycles. The summed E-state index contributed by atoms with van der Waals surface area (Å²) in [6, 6.07) is 14.0. The highest BCUT2D eigenvalue weighted by Crippen LogP contribution is 2.38. The number of allylic oxidation sites excluding steroid dienone is 1. The Morgan fingerprint density at radius 1 is 1.12 bits per heavy atom. The predicted octanol–water partition coefficient (Wildman–Crippen LogP) is 6.07. The third kappa shape index (κ3) is 4.85. The molecule has 7 heteroatoms. The van der Waals surface area contributed by atoms with Crippen LogP contribution in [0.1, 0.15) is 55.8 Å². The van der Waals surface area contributed by atoms with Gasteiger partial charge in [0.2, 0.25) is 5.82 Å². The molecule has 2 aromatic carbocycles. The van der Waals surface area contributed by atoms with E-state index < -0.39 is 0 Å². The lowest BCUT2D eigenvalue weighted by molar-refractivity contribution is 0.390. The van der Waals surface area contributed by atoms with E-state index in [4.69, 9.17) is 26.5 Å². The van der Waals surface area contributed by atoms with E-state index in [-0.39, 0.29) is 6.04 Å². The molecule has 0 fully saturated rings. The summed E-state index contributed by atoms with van der Waals surface area (Å²) in [5.41, 5.74) is 6.42. The molecule has 0 amide bonds. The Bertz CT molecular complexity index is 1230. The second kappa shape index (κ2) is 9.97. The highest BCUT2D eigenvalue weighted by Gasteiger charge is 2.34. The minimum atomic E-state index is -0.180. The van der Waals surface area contributed by atoms with Gasteiger partial charge in [-0.15, -0.1) is 0 Å². The average molecular weight is 477 g/mol. The zero-order chi connectivity index (χ0) is 24.4. The van der Waals surface area contributed by atoms with E-state index in [2.05, 4.69) is 68.2 Å². The molecular weight excluding hydrogens is 444 g/mol. The Morgan fingerprint density at radius 2 is 1.91 bits per heavy atom. The third-order valence-electron chi connectivity index (χ3n) is 6.38. The third-order valence-corrected chi connectivity index (χ3v) is 6.71. The minimum absolute atomic E-state index is 0.180.